The van der Waals surface area contributed by atoms with Crippen LogP contribution >= 0.6 is 0 Å². The predicted molar refractivity (Wildman–Crippen MR) is 111 cm³/mol. The molecule has 0 radical (unpaired) electrons. The summed E-state index contributed by atoms with van der Waals surface area (Å²) in [6.45, 7) is 2.62. The van der Waals surface area contributed by atoms with Gasteiger partial charge in [-0.25, -0.2) is 4.39 Å². The summed E-state index contributed by atoms with van der Waals surface area (Å²) in [5.74, 6) is -0.209. The van der Waals surface area contributed by atoms with E-state index in [1.165, 1.54) is 12.1 Å². The van der Waals surface area contributed by atoms with Gasteiger partial charge in [0.1, 0.15) is 11.4 Å². The molecule has 2 heterocycles. The van der Waals surface area contributed by atoms with E-state index in [4.69, 9.17) is 4.42 Å². The van der Waals surface area contributed by atoms with Crippen molar-refractivity contribution in [1.82, 2.24) is 4.90 Å². The summed E-state index contributed by atoms with van der Waals surface area (Å²) in [4.78, 5) is 27.5. The summed E-state index contributed by atoms with van der Waals surface area (Å²) in [6.07, 6.45) is 4.77. The van der Waals surface area contributed by atoms with Gasteiger partial charge in [-0.1, -0.05) is 12.1 Å². The van der Waals surface area contributed by atoms with Gasteiger partial charge in [-0.2, -0.15) is 0 Å². The second-order valence-electron chi connectivity index (χ2n) is 7.68. The van der Waals surface area contributed by atoms with Crippen molar-refractivity contribution in [1.29, 1.82) is 0 Å². The standard InChI is InChI=1S/C24H24FNO3/c25-20-9-7-17(8-10-20)23(27)18-11-14-26(15-12-18)13-3-4-19-16-29-22-6-2-1-5-21(22)24(19)28/h1-2,5-10,16,18H,3-4,11-15H2. The molecule has 5 heteroatoms. The van der Waals surface area contributed by atoms with Gasteiger partial charge in [0, 0.05) is 17.0 Å². The molecule has 4 rings (SSSR count). The van der Waals surface area contributed by atoms with Gasteiger partial charge in [-0.05, 0) is 81.7 Å². The summed E-state index contributed by atoms with van der Waals surface area (Å²) < 4.78 is 18.6. The van der Waals surface area contributed by atoms with Crippen molar-refractivity contribution in [2.24, 2.45) is 5.92 Å². The highest BCUT2D eigenvalue weighted by Crippen LogP contribution is 2.22. The Kier molecular flexibility index (Phi) is 5.86. The lowest BCUT2D eigenvalue weighted by Crippen LogP contribution is -2.37. The molecule has 29 heavy (non-hydrogen) atoms. The number of halogens is 1. The van der Waals surface area contributed by atoms with E-state index < -0.39 is 0 Å². The van der Waals surface area contributed by atoms with Gasteiger partial charge in [0.25, 0.3) is 0 Å². The summed E-state index contributed by atoms with van der Waals surface area (Å²) in [5, 5.41) is 0.630. The lowest BCUT2D eigenvalue weighted by molar-refractivity contribution is 0.0839. The quantitative estimate of drug-likeness (QED) is 0.580. The topological polar surface area (TPSA) is 50.5 Å². The van der Waals surface area contributed by atoms with Crippen LogP contribution in [0.3, 0.4) is 0 Å². The fourth-order valence-electron chi connectivity index (χ4n) is 4.05. The van der Waals surface area contributed by atoms with Crippen molar-refractivity contribution in [2.75, 3.05) is 19.6 Å². The first kappa shape index (κ1) is 19.5. The Hall–Kier alpha value is -2.79. The van der Waals surface area contributed by atoms with E-state index in [0.29, 0.717) is 28.5 Å². The second-order valence-corrected chi connectivity index (χ2v) is 7.68. The zero-order chi connectivity index (χ0) is 20.2. The van der Waals surface area contributed by atoms with Crippen LogP contribution < -0.4 is 5.43 Å². The lowest BCUT2D eigenvalue weighted by atomic mass is 9.89. The summed E-state index contributed by atoms with van der Waals surface area (Å²) in [6, 6.07) is 13.1. The van der Waals surface area contributed by atoms with Gasteiger partial charge >= 0.3 is 0 Å². The smallest absolute Gasteiger partial charge is 0.195 e. The number of ketones is 1. The van der Waals surface area contributed by atoms with Crippen LogP contribution in [-0.4, -0.2) is 30.3 Å². The number of likely N-dealkylation sites (tertiary alicyclic amines) is 1. The third kappa shape index (κ3) is 4.46. The molecule has 0 aliphatic carbocycles. The number of fused-ring (bicyclic) bond motifs is 1. The van der Waals surface area contributed by atoms with Crippen molar-refractivity contribution in [3.8, 4) is 0 Å². The van der Waals surface area contributed by atoms with Gasteiger partial charge in [-0.3, -0.25) is 9.59 Å². The van der Waals surface area contributed by atoms with Crippen LogP contribution in [0.4, 0.5) is 4.39 Å². The van der Waals surface area contributed by atoms with Gasteiger partial charge in [-0.15, -0.1) is 0 Å². The SMILES string of the molecule is O=C(c1ccc(F)cc1)C1CCN(CCCc2coc3ccccc3c2=O)CC1. The Labute approximate surface area is 169 Å². The minimum Gasteiger partial charge on any atom is -0.464 e. The van der Waals surface area contributed by atoms with Crippen LogP contribution in [0.1, 0.15) is 35.2 Å². The van der Waals surface area contributed by atoms with Crippen LogP contribution in [0, 0.1) is 11.7 Å². The number of Topliss-reactive ketones (excluding diaryl/α,β-unsaturated/α-hetero) is 1. The number of hydrogen-bond donors (Lipinski definition) is 0. The largest absolute Gasteiger partial charge is 0.464 e. The first-order chi connectivity index (χ1) is 14.1. The molecule has 1 saturated heterocycles. The van der Waals surface area contributed by atoms with E-state index in [1.807, 2.05) is 12.1 Å². The minimum atomic E-state index is -0.322. The van der Waals surface area contributed by atoms with E-state index in [9.17, 15) is 14.0 Å². The van der Waals surface area contributed by atoms with Crippen molar-refractivity contribution < 1.29 is 13.6 Å². The molecule has 0 atom stereocenters. The molecule has 2 aromatic carbocycles. The molecule has 150 valence electrons. The molecule has 4 nitrogen and oxygen atoms in total. The molecule has 0 spiro atoms. The van der Waals surface area contributed by atoms with Crippen molar-refractivity contribution in [3.05, 3.63) is 82.0 Å². The molecule has 1 fully saturated rings. The zero-order valence-corrected chi connectivity index (χ0v) is 16.3. The second kappa shape index (κ2) is 8.70. The molecule has 3 aromatic rings. The Balaban J connectivity index is 1.27. The molecule has 1 aromatic heterocycles. The van der Waals surface area contributed by atoms with Crippen LogP contribution in [0.25, 0.3) is 11.0 Å². The minimum absolute atomic E-state index is 0.00393. The van der Waals surface area contributed by atoms with Crippen LogP contribution in [0.15, 0.2) is 64.0 Å². The number of hydrogen-bond acceptors (Lipinski definition) is 4. The average Bonchev–Trinajstić information content (AvgIpc) is 2.76. The van der Waals surface area contributed by atoms with Gasteiger partial charge in [0.15, 0.2) is 11.2 Å². The highest BCUT2D eigenvalue weighted by molar-refractivity contribution is 5.97. The van der Waals surface area contributed by atoms with E-state index in [1.54, 1.807) is 30.5 Å². The number of nitrogens with zero attached hydrogens (tertiary/aromatic N) is 1. The van der Waals surface area contributed by atoms with Crippen LogP contribution in [-0.2, 0) is 6.42 Å². The molecule has 1 aliphatic heterocycles. The van der Waals surface area contributed by atoms with Gasteiger partial charge in [0.2, 0.25) is 0 Å². The lowest BCUT2D eigenvalue weighted by Gasteiger charge is -2.31. The highest BCUT2D eigenvalue weighted by atomic mass is 19.1. The molecule has 0 bridgehead atoms. The summed E-state index contributed by atoms with van der Waals surface area (Å²) in [5.41, 5.74) is 1.97. The number of benzene rings is 2. The molecule has 1 aliphatic rings. The zero-order valence-electron chi connectivity index (χ0n) is 16.3. The Morgan fingerprint density at radius 1 is 1.07 bits per heavy atom. The number of carbonyl (C=O) groups excluding carboxylic acids is 1. The fourth-order valence-corrected chi connectivity index (χ4v) is 4.05. The Morgan fingerprint density at radius 2 is 1.79 bits per heavy atom. The van der Waals surface area contributed by atoms with Crippen molar-refractivity contribution >= 4 is 16.8 Å². The predicted octanol–water partition coefficient (Wildman–Crippen LogP) is 4.46. The normalized spacial score (nSPS) is 15.6. The highest BCUT2D eigenvalue weighted by Gasteiger charge is 2.25. The van der Waals surface area contributed by atoms with E-state index in [-0.39, 0.29) is 22.9 Å². The molecule has 0 amide bonds. The Morgan fingerprint density at radius 3 is 2.55 bits per heavy atom. The number of aryl methyl sites for hydroxylation is 1. The third-order valence-electron chi connectivity index (χ3n) is 5.76. The fraction of sp³-hybridized carbons (Fsp3) is 0.333. The Bertz CT molecular complexity index is 1050. The first-order valence-electron chi connectivity index (χ1n) is 10.1. The molecule has 0 unspecified atom stereocenters. The maximum Gasteiger partial charge on any atom is 0.195 e. The van der Waals surface area contributed by atoms with Crippen molar-refractivity contribution in [3.63, 3.8) is 0 Å². The number of carbonyl (C=O) groups is 1. The molecule has 0 saturated carbocycles. The monoisotopic (exact) mass is 393 g/mol. The average molecular weight is 393 g/mol. The van der Waals surface area contributed by atoms with Crippen LogP contribution in [0.2, 0.25) is 0 Å². The van der Waals surface area contributed by atoms with Gasteiger partial charge < -0.3 is 9.32 Å². The van der Waals surface area contributed by atoms with Crippen molar-refractivity contribution in [2.45, 2.75) is 25.7 Å². The third-order valence-corrected chi connectivity index (χ3v) is 5.76. The number of piperidine rings is 1. The molecule has 0 N–H and O–H groups in total. The van der Waals surface area contributed by atoms with E-state index in [2.05, 4.69) is 4.90 Å². The maximum absolute atomic E-state index is 13.0. The summed E-state index contributed by atoms with van der Waals surface area (Å²) >= 11 is 0. The van der Waals surface area contributed by atoms with E-state index >= 15 is 0 Å². The molecular formula is C24H24FNO3. The van der Waals surface area contributed by atoms with Gasteiger partial charge in [0.05, 0.1) is 11.6 Å². The first-order valence-corrected chi connectivity index (χ1v) is 10.1. The van der Waals surface area contributed by atoms with Crippen LogP contribution in [0.5, 0.6) is 0 Å². The maximum atomic E-state index is 13.0. The number of rotatable bonds is 6. The van der Waals surface area contributed by atoms with E-state index in [0.717, 1.165) is 38.9 Å². The number of para-hydroxylation sites is 1. The molecular weight excluding hydrogens is 369 g/mol. The summed E-state index contributed by atoms with van der Waals surface area (Å²) in [7, 11) is 0.